The molecule has 9 heteroatoms. The molecular formula is C20H18BrFN2O4S. The molecule has 0 saturated carbocycles. The van der Waals surface area contributed by atoms with Gasteiger partial charge in [0.1, 0.15) is 11.6 Å². The van der Waals surface area contributed by atoms with Crippen LogP contribution in [0.5, 0.6) is 5.75 Å². The molecule has 6 nitrogen and oxygen atoms in total. The van der Waals surface area contributed by atoms with Crippen molar-refractivity contribution >= 4 is 31.7 Å². The smallest absolute Gasteiger partial charge is 0.238 e. The number of halogens is 2. The molecule has 0 unspecified atom stereocenters. The van der Waals surface area contributed by atoms with Crippen LogP contribution in [0.4, 0.5) is 4.39 Å². The van der Waals surface area contributed by atoms with E-state index in [-0.39, 0.29) is 17.3 Å². The first-order valence-corrected chi connectivity index (χ1v) is 10.8. The van der Waals surface area contributed by atoms with Crippen molar-refractivity contribution in [3.63, 3.8) is 0 Å². The lowest BCUT2D eigenvalue weighted by molar-refractivity contribution is 0.0920. The minimum Gasteiger partial charge on any atom is -0.484 e. The van der Waals surface area contributed by atoms with Crippen molar-refractivity contribution < 1.29 is 22.3 Å². The molecule has 0 amide bonds. The quantitative estimate of drug-likeness (QED) is 0.541. The first-order chi connectivity index (χ1) is 13.6. The number of hydrogen-bond donors (Lipinski definition) is 1. The second-order valence-corrected chi connectivity index (χ2v) is 8.86. The molecule has 0 aliphatic heterocycles. The Labute approximate surface area is 176 Å². The van der Waals surface area contributed by atoms with E-state index in [1.54, 1.807) is 25.1 Å². The minimum absolute atomic E-state index is 0.0123. The van der Waals surface area contributed by atoms with Crippen LogP contribution in [-0.2, 0) is 10.0 Å². The molecule has 1 heterocycles. The summed E-state index contributed by atoms with van der Waals surface area (Å²) >= 11 is 3.20. The molecule has 3 aromatic rings. The predicted molar refractivity (Wildman–Crippen MR) is 111 cm³/mol. The number of ketones is 1. The summed E-state index contributed by atoms with van der Waals surface area (Å²) in [5, 5.41) is 5.13. The predicted octanol–water partition coefficient (Wildman–Crippen LogP) is 3.90. The number of rotatable bonds is 6. The first-order valence-electron chi connectivity index (χ1n) is 8.51. The van der Waals surface area contributed by atoms with Crippen molar-refractivity contribution in [1.82, 2.24) is 4.57 Å². The summed E-state index contributed by atoms with van der Waals surface area (Å²) in [5.41, 5.74) is 2.68. The van der Waals surface area contributed by atoms with E-state index in [0.717, 1.165) is 5.69 Å². The summed E-state index contributed by atoms with van der Waals surface area (Å²) in [6, 6.07) is 11.8. The number of nitrogens with zero attached hydrogens (tertiary/aromatic N) is 1. The van der Waals surface area contributed by atoms with E-state index in [9.17, 15) is 17.6 Å². The van der Waals surface area contributed by atoms with Gasteiger partial charge in [-0.2, -0.15) is 0 Å². The summed E-state index contributed by atoms with van der Waals surface area (Å²) in [6.07, 6.45) is 0. The molecule has 0 fully saturated rings. The fraction of sp³-hybridized carbons (Fsp3) is 0.150. The highest BCUT2D eigenvalue weighted by atomic mass is 79.9. The van der Waals surface area contributed by atoms with E-state index < -0.39 is 15.8 Å². The highest BCUT2D eigenvalue weighted by Gasteiger charge is 2.18. The molecule has 0 bridgehead atoms. The van der Waals surface area contributed by atoms with Gasteiger partial charge in [-0.3, -0.25) is 4.79 Å². The van der Waals surface area contributed by atoms with Gasteiger partial charge in [-0.1, -0.05) is 0 Å². The number of primary sulfonamides is 1. The van der Waals surface area contributed by atoms with E-state index in [1.807, 2.05) is 11.5 Å². The van der Waals surface area contributed by atoms with Gasteiger partial charge in [-0.25, -0.2) is 17.9 Å². The normalized spacial score (nSPS) is 11.5. The highest BCUT2D eigenvalue weighted by Crippen LogP contribution is 2.26. The summed E-state index contributed by atoms with van der Waals surface area (Å²) < 4.78 is 43.8. The third kappa shape index (κ3) is 4.58. The molecule has 29 heavy (non-hydrogen) atoms. The molecule has 0 radical (unpaired) electrons. The Bertz CT molecular complexity index is 1190. The van der Waals surface area contributed by atoms with Crippen LogP contribution in [0.25, 0.3) is 5.69 Å². The van der Waals surface area contributed by atoms with Crippen LogP contribution >= 0.6 is 15.9 Å². The van der Waals surface area contributed by atoms with Crippen molar-refractivity contribution in [3.8, 4) is 11.4 Å². The van der Waals surface area contributed by atoms with Gasteiger partial charge in [0.15, 0.2) is 6.61 Å². The largest absolute Gasteiger partial charge is 0.484 e. The second kappa shape index (κ2) is 8.10. The Morgan fingerprint density at radius 3 is 2.38 bits per heavy atom. The van der Waals surface area contributed by atoms with Gasteiger partial charge in [0.05, 0.1) is 9.37 Å². The van der Waals surface area contributed by atoms with Crippen LogP contribution in [0.2, 0.25) is 0 Å². The fourth-order valence-electron chi connectivity index (χ4n) is 3.04. The first kappa shape index (κ1) is 21.2. The number of aryl methyl sites for hydroxylation is 1. The summed E-state index contributed by atoms with van der Waals surface area (Å²) in [5.74, 6) is -0.276. The van der Waals surface area contributed by atoms with Crippen LogP contribution in [0.3, 0.4) is 0 Å². The third-order valence-corrected chi connectivity index (χ3v) is 5.96. The van der Waals surface area contributed by atoms with Gasteiger partial charge in [0.2, 0.25) is 15.8 Å². The number of ether oxygens (including phenoxy) is 1. The van der Waals surface area contributed by atoms with E-state index >= 15 is 0 Å². The maximum atomic E-state index is 13.2. The minimum atomic E-state index is -3.78. The Balaban J connectivity index is 1.84. The number of Topliss-reactive ketones (excluding diaryl/α,β-unsaturated/α-hetero) is 1. The van der Waals surface area contributed by atoms with E-state index in [0.29, 0.717) is 27.2 Å². The molecule has 152 valence electrons. The number of carbonyl (C=O) groups is 1. The number of sulfonamides is 1. The van der Waals surface area contributed by atoms with E-state index in [4.69, 9.17) is 9.88 Å². The zero-order valence-electron chi connectivity index (χ0n) is 15.6. The number of hydrogen-bond acceptors (Lipinski definition) is 4. The van der Waals surface area contributed by atoms with Crippen molar-refractivity contribution in [2.45, 2.75) is 18.7 Å². The van der Waals surface area contributed by atoms with Crippen LogP contribution in [0, 0.1) is 19.7 Å². The summed E-state index contributed by atoms with van der Waals surface area (Å²) in [6.45, 7) is 3.43. The van der Waals surface area contributed by atoms with Gasteiger partial charge < -0.3 is 9.30 Å². The van der Waals surface area contributed by atoms with Crippen molar-refractivity contribution in [3.05, 3.63) is 75.8 Å². The van der Waals surface area contributed by atoms with E-state index in [2.05, 4.69) is 15.9 Å². The number of benzene rings is 2. The molecule has 3 rings (SSSR count). The van der Waals surface area contributed by atoms with Gasteiger partial charge in [-0.05, 0) is 78.3 Å². The van der Waals surface area contributed by atoms with Gasteiger partial charge in [-0.15, -0.1) is 0 Å². The standard InChI is InChI=1S/C20H18BrFN2O4S/c1-12-9-17(19(25)11-28-20-8-3-14(22)10-18(20)21)13(2)24(12)15-4-6-16(7-5-15)29(23,26)27/h3-10H,11H2,1-2H3,(H2,23,26,27). The summed E-state index contributed by atoms with van der Waals surface area (Å²) in [7, 11) is -3.78. The lowest BCUT2D eigenvalue weighted by Crippen LogP contribution is -2.13. The molecule has 0 spiro atoms. The topological polar surface area (TPSA) is 91.4 Å². The van der Waals surface area contributed by atoms with Crippen molar-refractivity contribution in [2.24, 2.45) is 5.14 Å². The monoisotopic (exact) mass is 480 g/mol. The Kier molecular flexibility index (Phi) is 5.92. The number of aromatic nitrogens is 1. The van der Waals surface area contributed by atoms with Crippen LogP contribution in [-0.4, -0.2) is 25.4 Å². The Morgan fingerprint density at radius 1 is 1.14 bits per heavy atom. The van der Waals surface area contributed by atoms with Crippen molar-refractivity contribution in [2.75, 3.05) is 6.61 Å². The average molecular weight is 481 g/mol. The van der Waals surface area contributed by atoms with E-state index in [1.165, 1.54) is 30.3 Å². The molecule has 0 saturated heterocycles. The molecule has 0 aliphatic rings. The lowest BCUT2D eigenvalue weighted by Gasteiger charge is -2.11. The maximum absolute atomic E-state index is 13.2. The van der Waals surface area contributed by atoms with Gasteiger partial charge in [0.25, 0.3) is 0 Å². The fourth-order valence-corrected chi connectivity index (χ4v) is 4.02. The number of nitrogens with two attached hydrogens (primary N) is 1. The van der Waals surface area contributed by atoms with Crippen LogP contribution < -0.4 is 9.88 Å². The van der Waals surface area contributed by atoms with Crippen molar-refractivity contribution in [1.29, 1.82) is 0 Å². The molecule has 1 aromatic heterocycles. The maximum Gasteiger partial charge on any atom is 0.238 e. The molecule has 0 aliphatic carbocycles. The van der Waals surface area contributed by atoms with Crippen LogP contribution in [0.1, 0.15) is 21.7 Å². The third-order valence-electron chi connectivity index (χ3n) is 4.41. The van der Waals surface area contributed by atoms with Gasteiger partial charge >= 0.3 is 0 Å². The average Bonchev–Trinajstić information content (AvgIpc) is 2.94. The van der Waals surface area contributed by atoms with Gasteiger partial charge in [0, 0.05) is 22.6 Å². The molecule has 0 atom stereocenters. The highest BCUT2D eigenvalue weighted by molar-refractivity contribution is 9.10. The Morgan fingerprint density at radius 2 is 1.79 bits per heavy atom. The Hall–Kier alpha value is -2.49. The SMILES string of the molecule is Cc1cc(C(=O)COc2ccc(F)cc2Br)c(C)n1-c1ccc(S(N)(=O)=O)cc1. The zero-order valence-corrected chi connectivity index (χ0v) is 18.1. The zero-order chi connectivity index (χ0) is 21.3. The number of carbonyl (C=O) groups excluding carboxylic acids is 1. The molecule has 2 N–H and O–H groups in total. The molecule has 2 aromatic carbocycles. The summed E-state index contributed by atoms with van der Waals surface area (Å²) in [4.78, 5) is 12.7. The second-order valence-electron chi connectivity index (χ2n) is 6.45. The van der Waals surface area contributed by atoms with Crippen LogP contribution in [0.15, 0.2) is 57.9 Å². The lowest BCUT2D eigenvalue weighted by atomic mass is 10.1. The molecular weight excluding hydrogens is 463 g/mol.